The minimum absolute atomic E-state index is 0.528. The summed E-state index contributed by atoms with van der Waals surface area (Å²) in [4.78, 5) is 0. The maximum absolute atomic E-state index is 4.41. The van der Waals surface area contributed by atoms with E-state index < -0.39 is 0 Å². The van der Waals surface area contributed by atoms with Crippen molar-refractivity contribution in [2.75, 3.05) is 0 Å². The summed E-state index contributed by atoms with van der Waals surface area (Å²) in [6.07, 6.45) is 4.96. The molecule has 0 heteroatoms. The van der Waals surface area contributed by atoms with Crippen molar-refractivity contribution in [2.45, 2.75) is 67.2 Å². The fraction of sp³-hybridized carbons (Fsp3) is 0.789. The van der Waals surface area contributed by atoms with Crippen LogP contribution < -0.4 is 0 Å². The van der Waals surface area contributed by atoms with Gasteiger partial charge in [0.25, 0.3) is 0 Å². The Balaban J connectivity index is 2.61. The predicted molar refractivity (Wildman–Crippen MR) is 87.2 cm³/mol. The Morgan fingerprint density at radius 1 is 1.21 bits per heavy atom. The Hall–Kier alpha value is -0.520. The third-order valence-electron chi connectivity index (χ3n) is 5.60. The Kier molecular flexibility index (Phi) is 5.47. The van der Waals surface area contributed by atoms with Crippen LogP contribution >= 0.6 is 0 Å². The number of hydrogen-bond donors (Lipinski definition) is 0. The fourth-order valence-corrected chi connectivity index (χ4v) is 4.19. The molecule has 0 heterocycles. The monoisotopic (exact) mass is 262 g/mol. The predicted octanol–water partition coefficient (Wildman–Crippen LogP) is 6.24. The second-order valence-electron chi connectivity index (χ2n) is 7.34. The van der Waals surface area contributed by atoms with E-state index in [0.717, 1.165) is 18.3 Å². The molecule has 1 fully saturated rings. The molecule has 0 aromatic carbocycles. The molecule has 0 aromatic heterocycles. The van der Waals surface area contributed by atoms with Gasteiger partial charge in [0.1, 0.15) is 0 Å². The first kappa shape index (κ1) is 16.5. The third kappa shape index (κ3) is 3.52. The molecule has 0 aliphatic heterocycles. The van der Waals surface area contributed by atoms with Gasteiger partial charge in [0.05, 0.1) is 0 Å². The van der Waals surface area contributed by atoms with Crippen molar-refractivity contribution in [1.82, 2.24) is 0 Å². The molecular formula is C19H34. The fourth-order valence-electron chi connectivity index (χ4n) is 4.19. The van der Waals surface area contributed by atoms with Gasteiger partial charge >= 0.3 is 0 Å². The highest BCUT2D eigenvalue weighted by Crippen LogP contribution is 2.64. The van der Waals surface area contributed by atoms with Crippen molar-refractivity contribution in [3.63, 3.8) is 0 Å². The van der Waals surface area contributed by atoms with Gasteiger partial charge in [0.2, 0.25) is 0 Å². The summed E-state index contributed by atoms with van der Waals surface area (Å²) in [5.74, 6) is 3.05. The SMILES string of the molecule is C=C(C)C(CCC)CC(=C)C(C)C1C(CC)C1(C)C. The zero-order chi connectivity index (χ0) is 14.8. The van der Waals surface area contributed by atoms with Crippen LogP contribution in [0.15, 0.2) is 24.3 Å². The molecule has 0 aromatic rings. The first-order valence-corrected chi connectivity index (χ1v) is 8.10. The standard InChI is InChI=1S/C19H34/c1-9-11-16(13(3)4)12-14(5)15(6)18-17(10-2)19(18,7)8/h15-18H,3,5,9-12H2,1-2,4,6-8H3. The summed E-state index contributed by atoms with van der Waals surface area (Å²) in [7, 11) is 0. The lowest BCUT2D eigenvalue weighted by Gasteiger charge is -2.22. The topological polar surface area (TPSA) is 0 Å². The van der Waals surface area contributed by atoms with Gasteiger partial charge in [-0.15, -0.1) is 0 Å². The molecule has 0 bridgehead atoms. The number of rotatable bonds is 8. The Morgan fingerprint density at radius 2 is 1.79 bits per heavy atom. The average molecular weight is 262 g/mol. The van der Waals surface area contributed by atoms with Gasteiger partial charge in [-0.3, -0.25) is 0 Å². The van der Waals surface area contributed by atoms with E-state index in [0.29, 0.717) is 17.3 Å². The van der Waals surface area contributed by atoms with Crippen molar-refractivity contribution in [3.8, 4) is 0 Å². The van der Waals surface area contributed by atoms with E-state index in [2.05, 4.69) is 54.7 Å². The van der Waals surface area contributed by atoms with Gasteiger partial charge in [-0.1, -0.05) is 71.8 Å². The molecular weight excluding hydrogens is 228 g/mol. The summed E-state index contributed by atoms with van der Waals surface area (Å²) in [5, 5.41) is 0. The molecule has 19 heavy (non-hydrogen) atoms. The van der Waals surface area contributed by atoms with E-state index in [1.807, 2.05) is 0 Å². The van der Waals surface area contributed by atoms with Gasteiger partial charge < -0.3 is 0 Å². The number of allylic oxidation sites excluding steroid dienone is 2. The van der Waals surface area contributed by atoms with E-state index >= 15 is 0 Å². The van der Waals surface area contributed by atoms with Crippen molar-refractivity contribution < 1.29 is 0 Å². The smallest absolute Gasteiger partial charge is 0.0172 e. The average Bonchev–Trinajstić information content (AvgIpc) is 2.89. The van der Waals surface area contributed by atoms with Crippen LogP contribution in [-0.4, -0.2) is 0 Å². The molecule has 1 aliphatic rings. The van der Waals surface area contributed by atoms with Crippen LogP contribution in [0.25, 0.3) is 0 Å². The molecule has 4 atom stereocenters. The first-order valence-electron chi connectivity index (χ1n) is 8.10. The van der Waals surface area contributed by atoms with Gasteiger partial charge in [-0.25, -0.2) is 0 Å². The summed E-state index contributed by atoms with van der Waals surface area (Å²) < 4.78 is 0. The van der Waals surface area contributed by atoms with Crippen molar-refractivity contribution in [2.24, 2.45) is 29.1 Å². The quantitative estimate of drug-likeness (QED) is 0.454. The lowest BCUT2D eigenvalue weighted by Crippen LogP contribution is -2.11. The van der Waals surface area contributed by atoms with Crippen LogP contribution in [0.4, 0.5) is 0 Å². The van der Waals surface area contributed by atoms with E-state index in [9.17, 15) is 0 Å². The molecule has 1 saturated carbocycles. The van der Waals surface area contributed by atoms with Gasteiger partial charge in [0, 0.05) is 0 Å². The molecule has 4 unspecified atom stereocenters. The van der Waals surface area contributed by atoms with Crippen LogP contribution in [-0.2, 0) is 0 Å². The highest BCUT2D eigenvalue weighted by molar-refractivity contribution is 5.16. The van der Waals surface area contributed by atoms with Gasteiger partial charge in [-0.05, 0) is 48.9 Å². The Labute approximate surface area is 121 Å². The van der Waals surface area contributed by atoms with E-state index in [1.54, 1.807) is 0 Å². The summed E-state index contributed by atoms with van der Waals surface area (Å²) in [6, 6.07) is 0. The zero-order valence-corrected chi connectivity index (χ0v) is 14.1. The van der Waals surface area contributed by atoms with Crippen molar-refractivity contribution >= 4 is 0 Å². The third-order valence-corrected chi connectivity index (χ3v) is 5.60. The normalized spacial score (nSPS) is 27.7. The highest BCUT2D eigenvalue weighted by atomic mass is 14.6. The zero-order valence-electron chi connectivity index (χ0n) is 14.1. The lowest BCUT2D eigenvalue weighted by atomic mass is 9.83. The number of hydrogen-bond acceptors (Lipinski definition) is 0. The van der Waals surface area contributed by atoms with Crippen molar-refractivity contribution in [1.29, 1.82) is 0 Å². The van der Waals surface area contributed by atoms with Crippen LogP contribution in [0.5, 0.6) is 0 Å². The van der Waals surface area contributed by atoms with E-state index in [-0.39, 0.29) is 0 Å². The maximum atomic E-state index is 4.41. The molecule has 0 radical (unpaired) electrons. The van der Waals surface area contributed by atoms with Gasteiger partial charge in [0.15, 0.2) is 0 Å². The molecule has 0 saturated heterocycles. The van der Waals surface area contributed by atoms with Gasteiger partial charge in [-0.2, -0.15) is 0 Å². The molecule has 0 nitrogen and oxygen atoms in total. The van der Waals surface area contributed by atoms with Crippen LogP contribution in [0.1, 0.15) is 67.2 Å². The summed E-state index contributed by atoms with van der Waals surface area (Å²) in [5.41, 5.74) is 3.31. The van der Waals surface area contributed by atoms with Crippen molar-refractivity contribution in [3.05, 3.63) is 24.3 Å². The molecule has 1 aliphatic carbocycles. The largest absolute Gasteiger partial charge is 0.0998 e. The molecule has 110 valence electrons. The molecule has 1 rings (SSSR count). The van der Waals surface area contributed by atoms with E-state index in [1.165, 1.54) is 30.4 Å². The maximum Gasteiger partial charge on any atom is -0.0172 e. The second-order valence-corrected chi connectivity index (χ2v) is 7.34. The second kappa shape index (κ2) is 6.29. The Bertz CT molecular complexity index is 334. The lowest BCUT2D eigenvalue weighted by molar-refractivity contribution is 0.436. The Morgan fingerprint density at radius 3 is 2.16 bits per heavy atom. The summed E-state index contributed by atoms with van der Waals surface area (Å²) >= 11 is 0. The van der Waals surface area contributed by atoms with Crippen LogP contribution in [0.2, 0.25) is 0 Å². The minimum Gasteiger partial charge on any atom is -0.0998 e. The molecule has 0 N–H and O–H groups in total. The molecule has 0 amide bonds. The summed E-state index contributed by atoms with van der Waals surface area (Å²) in [6.45, 7) is 22.6. The first-order chi connectivity index (χ1) is 8.77. The van der Waals surface area contributed by atoms with E-state index in [4.69, 9.17) is 0 Å². The van der Waals surface area contributed by atoms with Crippen LogP contribution in [0, 0.1) is 29.1 Å². The van der Waals surface area contributed by atoms with Crippen LogP contribution in [0.3, 0.4) is 0 Å². The highest BCUT2D eigenvalue weighted by Gasteiger charge is 2.58. The minimum atomic E-state index is 0.528. The molecule has 0 spiro atoms.